The monoisotopic (exact) mass is 378 g/mol. The summed E-state index contributed by atoms with van der Waals surface area (Å²) in [5.41, 5.74) is 2.94. The highest BCUT2D eigenvalue weighted by atomic mass is 16.4. The Hall–Kier alpha value is -3.41. The summed E-state index contributed by atoms with van der Waals surface area (Å²) in [4.78, 5) is 23.8. The number of amidine groups is 1. The largest absolute Gasteiger partial charge is 0.478 e. The predicted molar refractivity (Wildman–Crippen MR) is 106 cm³/mol. The van der Waals surface area contributed by atoms with E-state index in [1.807, 2.05) is 0 Å². The molecular weight excluding hydrogens is 356 g/mol. The molecule has 0 radical (unpaired) electrons. The number of nitrogens with one attached hydrogen (secondary N) is 1. The quantitative estimate of drug-likeness (QED) is 0.695. The van der Waals surface area contributed by atoms with Crippen molar-refractivity contribution in [2.45, 2.75) is 11.8 Å². The normalized spacial score (nSPS) is 19.1. The van der Waals surface area contributed by atoms with Crippen LogP contribution in [-0.4, -0.2) is 41.1 Å². The number of carboxylic acid groups (broad SMARTS) is 2. The van der Waals surface area contributed by atoms with Crippen LogP contribution in [0.15, 0.2) is 77.8 Å². The van der Waals surface area contributed by atoms with E-state index < -0.39 is 11.9 Å². The van der Waals surface area contributed by atoms with Gasteiger partial charge in [-0.25, -0.2) is 9.59 Å². The molecule has 1 fully saturated rings. The van der Waals surface area contributed by atoms with Crippen molar-refractivity contribution in [2.24, 2.45) is 10.9 Å². The molecule has 6 heteroatoms. The third kappa shape index (κ3) is 4.28. The zero-order valence-electron chi connectivity index (χ0n) is 15.3. The molecule has 1 unspecified atom stereocenters. The van der Waals surface area contributed by atoms with Gasteiger partial charge in [0.25, 0.3) is 0 Å². The van der Waals surface area contributed by atoms with Gasteiger partial charge in [-0.3, -0.25) is 4.99 Å². The average molecular weight is 378 g/mol. The van der Waals surface area contributed by atoms with Crippen molar-refractivity contribution in [3.05, 3.63) is 83.9 Å². The average Bonchev–Trinajstić information content (AvgIpc) is 3.24. The summed E-state index contributed by atoms with van der Waals surface area (Å²) in [6.07, 6.45) is 2.28. The maximum absolute atomic E-state index is 9.55. The van der Waals surface area contributed by atoms with Crippen molar-refractivity contribution in [1.29, 1.82) is 0 Å². The van der Waals surface area contributed by atoms with Crippen LogP contribution in [0.3, 0.4) is 0 Å². The van der Waals surface area contributed by atoms with Gasteiger partial charge in [0.05, 0.1) is 6.54 Å². The van der Waals surface area contributed by atoms with Crippen LogP contribution in [0.25, 0.3) is 0 Å². The molecule has 0 aromatic heterocycles. The molecule has 2 aromatic carbocycles. The minimum Gasteiger partial charge on any atom is -0.478 e. The molecule has 1 heterocycles. The highest BCUT2D eigenvalue weighted by molar-refractivity contribution is 5.92. The van der Waals surface area contributed by atoms with Crippen LogP contribution in [-0.2, 0) is 15.0 Å². The molecule has 6 nitrogen and oxygen atoms in total. The maximum Gasteiger partial charge on any atom is 0.328 e. The van der Waals surface area contributed by atoms with E-state index in [1.54, 1.807) is 0 Å². The van der Waals surface area contributed by atoms with E-state index in [1.165, 1.54) is 17.0 Å². The van der Waals surface area contributed by atoms with E-state index in [4.69, 9.17) is 10.2 Å². The second-order valence-corrected chi connectivity index (χ2v) is 6.66. The highest BCUT2D eigenvalue weighted by Crippen LogP contribution is 2.59. The molecule has 1 aliphatic carbocycles. The van der Waals surface area contributed by atoms with Gasteiger partial charge in [-0.15, -0.1) is 0 Å². The Morgan fingerprint density at radius 2 is 1.43 bits per heavy atom. The number of aliphatic carboxylic acids is 2. The van der Waals surface area contributed by atoms with E-state index >= 15 is 0 Å². The predicted octanol–water partition coefficient (Wildman–Crippen LogP) is 2.71. The summed E-state index contributed by atoms with van der Waals surface area (Å²) in [5.74, 6) is -0.799. The smallest absolute Gasteiger partial charge is 0.328 e. The van der Waals surface area contributed by atoms with Crippen molar-refractivity contribution < 1.29 is 19.8 Å². The molecule has 2 aromatic rings. The molecule has 0 spiro atoms. The number of carbonyl (C=O) groups is 2. The fraction of sp³-hybridized carbons (Fsp3) is 0.227. The maximum atomic E-state index is 9.55. The fourth-order valence-corrected chi connectivity index (χ4v) is 3.66. The molecular formula is C22H22N2O4. The zero-order chi connectivity index (χ0) is 20.0. The Balaban J connectivity index is 0.000000242. The Morgan fingerprint density at radius 1 is 0.929 bits per heavy atom. The van der Waals surface area contributed by atoms with Crippen molar-refractivity contribution >= 4 is 17.8 Å². The van der Waals surface area contributed by atoms with E-state index in [9.17, 15) is 9.59 Å². The molecule has 3 N–H and O–H groups in total. The van der Waals surface area contributed by atoms with Crippen molar-refractivity contribution in [1.82, 2.24) is 5.32 Å². The number of rotatable bonds is 5. The number of aliphatic imine (C=N–C) groups is 1. The van der Waals surface area contributed by atoms with E-state index in [2.05, 4.69) is 71.0 Å². The van der Waals surface area contributed by atoms with Crippen LogP contribution in [0.2, 0.25) is 0 Å². The lowest BCUT2D eigenvalue weighted by molar-refractivity contribution is -0.134. The van der Waals surface area contributed by atoms with Crippen LogP contribution in [0, 0.1) is 5.92 Å². The summed E-state index contributed by atoms with van der Waals surface area (Å²) in [6.45, 7) is 1.91. The lowest BCUT2D eigenvalue weighted by atomic mass is 9.85. The lowest BCUT2D eigenvalue weighted by Gasteiger charge is -2.19. The second-order valence-electron chi connectivity index (χ2n) is 6.66. The standard InChI is InChI=1S/C18H18N2.C4H4O4/c1-3-7-14(8-4-1)18(15-9-5-2-6-10-15)13-16(18)17-19-11-12-20-17;5-3(6)1-2-4(7)8/h1-10,16H,11-13H2,(H,19,20);1-2H,(H,5,6)(H,7,8)/b;2-1+. The van der Waals surface area contributed by atoms with Crippen molar-refractivity contribution in [3.8, 4) is 0 Å². The van der Waals surface area contributed by atoms with Crippen LogP contribution in [0.1, 0.15) is 17.5 Å². The molecule has 144 valence electrons. The molecule has 0 bridgehead atoms. The molecule has 4 rings (SSSR count). The first-order valence-corrected chi connectivity index (χ1v) is 9.07. The second kappa shape index (κ2) is 8.52. The van der Waals surface area contributed by atoms with Crippen LogP contribution in [0.5, 0.6) is 0 Å². The van der Waals surface area contributed by atoms with Gasteiger partial charge in [-0.1, -0.05) is 60.7 Å². The third-order valence-electron chi connectivity index (χ3n) is 4.94. The first-order valence-electron chi connectivity index (χ1n) is 9.07. The molecule has 1 saturated carbocycles. The summed E-state index contributed by atoms with van der Waals surface area (Å²) in [7, 11) is 0. The van der Waals surface area contributed by atoms with Gasteiger partial charge >= 0.3 is 11.9 Å². The Morgan fingerprint density at radius 3 is 1.82 bits per heavy atom. The van der Waals surface area contributed by atoms with Gasteiger partial charge < -0.3 is 15.5 Å². The van der Waals surface area contributed by atoms with E-state index in [0.717, 1.165) is 19.5 Å². The zero-order valence-corrected chi connectivity index (χ0v) is 15.3. The van der Waals surface area contributed by atoms with Crippen molar-refractivity contribution in [2.75, 3.05) is 13.1 Å². The summed E-state index contributed by atoms with van der Waals surface area (Å²) in [6, 6.07) is 21.7. The Labute approximate surface area is 163 Å². The number of benzene rings is 2. The summed E-state index contributed by atoms with van der Waals surface area (Å²) >= 11 is 0. The third-order valence-corrected chi connectivity index (χ3v) is 4.94. The number of hydrogen-bond donors (Lipinski definition) is 3. The highest BCUT2D eigenvalue weighted by Gasteiger charge is 2.59. The number of hydrogen-bond acceptors (Lipinski definition) is 4. The van der Waals surface area contributed by atoms with Crippen molar-refractivity contribution in [3.63, 3.8) is 0 Å². The topological polar surface area (TPSA) is 99.0 Å². The Bertz CT molecular complexity index is 836. The van der Waals surface area contributed by atoms with Gasteiger partial charge in [-0.2, -0.15) is 0 Å². The molecule has 2 aliphatic rings. The fourth-order valence-electron chi connectivity index (χ4n) is 3.66. The van der Waals surface area contributed by atoms with Crippen LogP contribution in [0.4, 0.5) is 0 Å². The van der Waals surface area contributed by atoms with E-state index in [0.29, 0.717) is 18.1 Å². The number of carboxylic acids is 2. The summed E-state index contributed by atoms with van der Waals surface area (Å²) in [5, 5.41) is 19.1. The molecule has 1 aliphatic heterocycles. The van der Waals surface area contributed by atoms with Gasteiger partial charge in [0, 0.05) is 30.0 Å². The lowest BCUT2D eigenvalue weighted by Crippen LogP contribution is -2.25. The molecule has 0 amide bonds. The molecule has 0 saturated heterocycles. The minimum atomic E-state index is -1.26. The molecule has 1 atom stereocenters. The Kier molecular flexibility index (Phi) is 5.89. The van der Waals surface area contributed by atoms with Crippen LogP contribution < -0.4 is 5.32 Å². The van der Waals surface area contributed by atoms with E-state index in [-0.39, 0.29) is 5.41 Å². The van der Waals surface area contributed by atoms with Gasteiger partial charge in [-0.05, 0) is 17.5 Å². The minimum absolute atomic E-state index is 0.124. The van der Waals surface area contributed by atoms with Gasteiger partial charge in [0.15, 0.2) is 0 Å². The number of nitrogens with zero attached hydrogens (tertiary/aromatic N) is 1. The molecule has 28 heavy (non-hydrogen) atoms. The van der Waals surface area contributed by atoms with Crippen LogP contribution >= 0.6 is 0 Å². The first-order chi connectivity index (χ1) is 13.5. The first kappa shape index (κ1) is 19.4. The van der Waals surface area contributed by atoms with Gasteiger partial charge in [0.2, 0.25) is 0 Å². The summed E-state index contributed by atoms with van der Waals surface area (Å²) < 4.78 is 0. The van der Waals surface area contributed by atoms with Gasteiger partial charge in [0.1, 0.15) is 5.84 Å². The SMILES string of the molecule is O=C(O)/C=C/C(=O)O.c1ccc(C2(c3ccccc3)CC2C2=NCCN2)cc1.